The summed E-state index contributed by atoms with van der Waals surface area (Å²) in [5.41, 5.74) is 4.10. The zero-order valence-corrected chi connectivity index (χ0v) is 30.9. The van der Waals surface area contributed by atoms with E-state index in [9.17, 15) is 14.4 Å². The average Bonchev–Trinajstić information content (AvgIpc) is 3.48. The third-order valence-electron chi connectivity index (χ3n) is 8.23. The molecule has 0 radical (unpaired) electrons. The lowest BCUT2D eigenvalue weighted by atomic mass is 9.93. The number of thioether (sulfide) groups is 1. The van der Waals surface area contributed by atoms with Crippen molar-refractivity contribution in [3.8, 4) is 11.5 Å². The molecule has 0 fully saturated rings. The first kappa shape index (κ1) is 36.4. The molecule has 0 amide bonds. The Bertz CT molecular complexity index is 2280. The van der Waals surface area contributed by atoms with Gasteiger partial charge >= 0.3 is 11.9 Å². The molecule has 0 bridgehead atoms. The van der Waals surface area contributed by atoms with E-state index in [2.05, 4.69) is 0 Å². The number of nitrogens with zero attached hydrogens (tertiary/aromatic N) is 2. The number of aromatic nitrogens is 1. The zero-order chi connectivity index (χ0) is 36.6. The first-order valence-corrected chi connectivity index (χ1v) is 19.0. The number of hydrogen-bond donors (Lipinski definition) is 0. The lowest BCUT2D eigenvalue weighted by Crippen LogP contribution is -2.40. The Morgan fingerprint density at radius 3 is 2.21 bits per heavy atom. The smallest absolute Gasteiger partial charge is 0.338 e. The molecule has 2 heterocycles. The Kier molecular flexibility index (Phi) is 11.7. The van der Waals surface area contributed by atoms with Crippen LogP contribution < -0.4 is 24.4 Å². The maximum atomic E-state index is 14.4. The highest BCUT2D eigenvalue weighted by Gasteiger charge is 2.35. The predicted octanol–water partition coefficient (Wildman–Crippen LogP) is 6.81. The lowest BCUT2D eigenvalue weighted by Gasteiger charge is -2.26. The van der Waals surface area contributed by atoms with Crippen LogP contribution >= 0.6 is 23.1 Å². The highest BCUT2D eigenvalue weighted by molar-refractivity contribution is 7.98. The molecular formula is C41H38N2O7S2. The third kappa shape index (κ3) is 7.90. The Morgan fingerprint density at radius 2 is 1.54 bits per heavy atom. The Balaban J connectivity index is 1.40. The fourth-order valence-corrected chi connectivity index (χ4v) is 7.22. The highest BCUT2D eigenvalue weighted by Crippen LogP contribution is 2.36. The SMILES string of the molecule is CCOC(=O)C1=C(c2ccccc2)N=c2s/c(=C\c3ccc(OCc4ccc(C(=O)OCC)cc4)c(OCC)c3)c(=O)n2[C@H]1c1ccc(SC)cc1. The number of carbonyl (C=O) groups is 2. The van der Waals surface area contributed by atoms with Gasteiger partial charge in [-0.3, -0.25) is 9.36 Å². The summed E-state index contributed by atoms with van der Waals surface area (Å²) in [7, 11) is 0. The van der Waals surface area contributed by atoms with Crippen molar-refractivity contribution >= 4 is 46.8 Å². The molecule has 52 heavy (non-hydrogen) atoms. The Morgan fingerprint density at radius 1 is 0.827 bits per heavy atom. The molecule has 11 heteroatoms. The van der Waals surface area contributed by atoms with Gasteiger partial charge in [0.2, 0.25) is 0 Å². The topological polar surface area (TPSA) is 105 Å². The van der Waals surface area contributed by atoms with Crippen molar-refractivity contribution < 1.29 is 28.5 Å². The summed E-state index contributed by atoms with van der Waals surface area (Å²) in [5.74, 6) is 0.170. The van der Waals surface area contributed by atoms with Crippen LogP contribution in [-0.2, 0) is 20.9 Å². The third-order valence-corrected chi connectivity index (χ3v) is 9.96. The van der Waals surface area contributed by atoms with E-state index in [-0.39, 0.29) is 24.7 Å². The summed E-state index contributed by atoms with van der Waals surface area (Å²) >= 11 is 2.87. The van der Waals surface area contributed by atoms with Gasteiger partial charge in [-0.05, 0) is 86.2 Å². The van der Waals surface area contributed by atoms with Gasteiger partial charge in [0.05, 0.1) is 47.2 Å². The first-order valence-electron chi connectivity index (χ1n) is 16.9. The second-order valence-electron chi connectivity index (χ2n) is 11.5. The summed E-state index contributed by atoms with van der Waals surface area (Å²) in [5, 5.41) is 0. The maximum absolute atomic E-state index is 14.4. The van der Waals surface area contributed by atoms with E-state index < -0.39 is 12.0 Å². The van der Waals surface area contributed by atoms with Crippen LogP contribution in [0.2, 0.25) is 0 Å². The molecule has 9 nitrogen and oxygen atoms in total. The van der Waals surface area contributed by atoms with Crippen LogP contribution in [0.1, 0.15) is 59.4 Å². The molecule has 0 spiro atoms. The lowest BCUT2D eigenvalue weighted by molar-refractivity contribution is -0.138. The standard InChI is InChI=1S/C41H38N2O7S2/c1-5-47-33-23-27(15-22-32(33)50-25-26-13-16-30(17-14-26)39(45)48-6-2)24-34-38(44)43-37(29-18-20-31(51-4)21-19-29)35(40(46)49-7-3)36(42-41(43)52-34)28-11-9-8-10-12-28/h8-24,37H,5-7,25H2,1-4H3/b34-24-/t37-/m0/s1. The van der Waals surface area contributed by atoms with Crippen molar-refractivity contribution in [1.29, 1.82) is 0 Å². The molecule has 266 valence electrons. The molecule has 1 aromatic heterocycles. The quantitative estimate of drug-likeness (QED) is 0.0960. The van der Waals surface area contributed by atoms with Crippen molar-refractivity contribution in [2.24, 2.45) is 4.99 Å². The molecule has 6 rings (SSSR count). The monoisotopic (exact) mass is 734 g/mol. The zero-order valence-electron chi connectivity index (χ0n) is 29.3. The summed E-state index contributed by atoms with van der Waals surface area (Å²) in [6, 6.07) is 29.2. The van der Waals surface area contributed by atoms with Gasteiger partial charge in [-0.15, -0.1) is 11.8 Å². The fourth-order valence-electron chi connectivity index (χ4n) is 5.81. The van der Waals surface area contributed by atoms with Gasteiger partial charge in [-0.2, -0.15) is 0 Å². The number of hydrogen-bond acceptors (Lipinski definition) is 10. The van der Waals surface area contributed by atoms with Gasteiger partial charge in [0.15, 0.2) is 16.3 Å². The number of fused-ring (bicyclic) bond motifs is 1. The van der Waals surface area contributed by atoms with Crippen LogP contribution in [0.4, 0.5) is 0 Å². The van der Waals surface area contributed by atoms with Gasteiger partial charge in [-0.25, -0.2) is 14.6 Å². The molecule has 0 aliphatic carbocycles. The van der Waals surface area contributed by atoms with E-state index in [4.69, 9.17) is 23.9 Å². The second kappa shape index (κ2) is 16.8. The highest BCUT2D eigenvalue weighted by atomic mass is 32.2. The Hall–Kier alpha value is -5.39. The largest absolute Gasteiger partial charge is 0.490 e. The van der Waals surface area contributed by atoms with Crippen molar-refractivity contribution in [3.63, 3.8) is 0 Å². The van der Waals surface area contributed by atoms with Crippen molar-refractivity contribution in [2.45, 2.75) is 38.3 Å². The van der Waals surface area contributed by atoms with E-state index in [0.29, 0.717) is 50.9 Å². The molecule has 1 aliphatic rings. The minimum absolute atomic E-state index is 0.177. The molecule has 0 saturated carbocycles. The van der Waals surface area contributed by atoms with Gasteiger partial charge in [-0.1, -0.05) is 72.0 Å². The van der Waals surface area contributed by atoms with Crippen LogP contribution in [0, 0.1) is 0 Å². The summed E-state index contributed by atoms with van der Waals surface area (Å²) in [6.45, 7) is 6.57. The van der Waals surface area contributed by atoms with Gasteiger partial charge in [0.25, 0.3) is 5.56 Å². The van der Waals surface area contributed by atoms with E-state index in [1.807, 2.05) is 98.1 Å². The van der Waals surface area contributed by atoms with Crippen LogP contribution in [0.25, 0.3) is 11.8 Å². The molecule has 0 unspecified atom stereocenters. The van der Waals surface area contributed by atoms with Crippen molar-refractivity contribution in [3.05, 3.63) is 150 Å². The normalized spacial score (nSPS) is 14.0. The fraction of sp³-hybridized carbons (Fsp3) is 0.220. The molecule has 0 saturated heterocycles. The number of ether oxygens (including phenoxy) is 4. The maximum Gasteiger partial charge on any atom is 0.338 e. The van der Waals surface area contributed by atoms with Crippen molar-refractivity contribution in [1.82, 2.24) is 4.57 Å². The molecular weight excluding hydrogens is 697 g/mol. The average molecular weight is 735 g/mol. The molecule has 4 aromatic carbocycles. The van der Waals surface area contributed by atoms with Gasteiger partial charge in [0, 0.05) is 10.5 Å². The first-order chi connectivity index (χ1) is 25.3. The summed E-state index contributed by atoms with van der Waals surface area (Å²) < 4.78 is 24.8. The number of carbonyl (C=O) groups excluding carboxylic acids is 2. The summed E-state index contributed by atoms with van der Waals surface area (Å²) in [6.07, 6.45) is 3.80. The van der Waals surface area contributed by atoms with E-state index in [1.165, 1.54) is 11.3 Å². The van der Waals surface area contributed by atoms with Crippen LogP contribution in [-0.4, -0.2) is 42.6 Å². The molecule has 1 aliphatic heterocycles. The van der Waals surface area contributed by atoms with Crippen molar-refractivity contribution in [2.75, 3.05) is 26.1 Å². The predicted molar refractivity (Wildman–Crippen MR) is 204 cm³/mol. The van der Waals surface area contributed by atoms with Gasteiger partial charge < -0.3 is 18.9 Å². The molecule has 1 atom stereocenters. The minimum atomic E-state index is -0.760. The van der Waals surface area contributed by atoms with Crippen LogP contribution in [0.3, 0.4) is 0 Å². The molecule has 5 aromatic rings. The van der Waals surface area contributed by atoms with Crippen LogP contribution in [0.5, 0.6) is 11.5 Å². The van der Waals surface area contributed by atoms with E-state index >= 15 is 0 Å². The number of thiazole rings is 1. The number of benzene rings is 4. The molecule has 0 N–H and O–H groups in total. The number of rotatable bonds is 13. The van der Waals surface area contributed by atoms with E-state index in [0.717, 1.165) is 27.1 Å². The minimum Gasteiger partial charge on any atom is -0.490 e. The second-order valence-corrected chi connectivity index (χ2v) is 13.4. The number of esters is 2. The Labute approximate surface area is 309 Å². The van der Waals surface area contributed by atoms with Crippen LogP contribution in [0.15, 0.2) is 117 Å². The summed E-state index contributed by atoms with van der Waals surface area (Å²) in [4.78, 5) is 46.6. The van der Waals surface area contributed by atoms with Gasteiger partial charge in [0.1, 0.15) is 6.61 Å². The van der Waals surface area contributed by atoms with E-state index in [1.54, 1.807) is 48.4 Å².